The van der Waals surface area contributed by atoms with Crippen molar-refractivity contribution in [2.45, 2.75) is 20.4 Å². The van der Waals surface area contributed by atoms with Crippen molar-refractivity contribution in [3.63, 3.8) is 0 Å². The van der Waals surface area contributed by atoms with E-state index < -0.39 is 0 Å². The Balaban J connectivity index is 1.71. The average molecular weight is 359 g/mol. The van der Waals surface area contributed by atoms with Gasteiger partial charge >= 0.3 is 0 Å². The highest BCUT2D eigenvalue weighted by molar-refractivity contribution is 6.06. The van der Waals surface area contributed by atoms with Crippen molar-refractivity contribution in [1.82, 2.24) is 10.3 Å². The number of pyridine rings is 1. The van der Waals surface area contributed by atoms with Crippen molar-refractivity contribution >= 4 is 17.5 Å². The van der Waals surface area contributed by atoms with E-state index in [9.17, 15) is 9.59 Å². The highest BCUT2D eigenvalue weighted by Crippen LogP contribution is 2.20. The molecule has 0 atom stereocenters. The summed E-state index contributed by atoms with van der Waals surface area (Å²) >= 11 is 0. The van der Waals surface area contributed by atoms with Crippen LogP contribution in [0.25, 0.3) is 0 Å². The van der Waals surface area contributed by atoms with Crippen LogP contribution in [0, 0.1) is 13.8 Å². The number of nitrogens with zero attached hydrogens (tertiary/aromatic N) is 1. The van der Waals surface area contributed by atoms with Crippen LogP contribution >= 0.6 is 0 Å². The molecule has 27 heavy (non-hydrogen) atoms. The minimum absolute atomic E-state index is 0.208. The zero-order chi connectivity index (χ0) is 19.2. The fourth-order valence-corrected chi connectivity index (χ4v) is 2.76. The van der Waals surface area contributed by atoms with Crippen molar-refractivity contribution in [1.29, 1.82) is 0 Å². The third kappa shape index (κ3) is 4.58. The second kappa shape index (κ2) is 8.27. The summed E-state index contributed by atoms with van der Waals surface area (Å²) in [7, 11) is 0. The van der Waals surface area contributed by atoms with Crippen LogP contribution in [0.4, 0.5) is 5.69 Å². The topological polar surface area (TPSA) is 71.1 Å². The van der Waals surface area contributed by atoms with Gasteiger partial charge in [0.15, 0.2) is 0 Å². The molecule has 0 unspecified atom stereocenters. The summed E-state index contributed by atoms with van der Waals surface area (Å²) in [4.78, 5) is 29.0. The predicted molar refractivity (Wildman–Crippen MR) is 106 cm³/mol. The molecule has 1 aromatic heterocycles. The maximum Gasteiger partial charge on any atom is 0.270 e. The SMILES string of the molecule is Cc1cccc(C)c1NC(=O)c1ccnc(C(=O)NCc2ccccc2)c1. The van der Waals surface area contributed by atoms with Crippen molar-refractivity contribution in [3.05, 3.63) is 94.8 Å². The number of rotatable bonds is 5. The molecule has 2 amide bonds. The Bertz CT molecular complexity index is 948. The molecular weight excluding hydrogens is 338 g/mol. The van der Waals surface area contributed by atoms with Gasteiger partial charge in [0.2, 0.25) is 0 Å². The molecule has 5 nitrogen and oxygen atoms in total. The van der Waals surface area contributed by atoms with Gasteiger partial charge in [-0.1, -0.05) is 48.5 Å². The van der Waals surface area contributed by atoms with Crippen LogP contribution in [0.15, 0.2) is 66.9 Å². The first-order valence-corrected chi connectivity index (χ1v) is 8.70. The van der Waals surface area contributed by atoms with Crippen LogP contribution in [0.5, 0.6) is 0 Å². The van der Waals surface area contributed by atoms with Crippen molar-refractivity contribution in [2.75, 3.05) is 5.32 Å². The Morgan fingerprint density at radius 2 is 1.59 bits per heavy atom. The van der Waals surface area contributed by atoms with Gasteiger partial charge in [-0.15, -0.1) is 0 Å². The number of benzene rings is 2. The van der Waals surface area contributed by atoms with Gasteiger partial charge in [0.05, 0.1) is 0 Å². The van der Waals surface area contributed by atoms with Gasteiger partial charge < -0.3 is 10.6 Å². The fraction of sp³-hybridized carbons (Fsp3) is 0.136. The number of hydrogen-bond acceptors (Lipinski definition) is 3. The molecule has 3 rings (SSSR count). The monoisotopic (exact) mass is 359 g/mol. The summed E-state index contributed by atoms with van der Waals surface area (Å²) in [6.45, 7) is 4.29. The van der Waals surface area contributed by atoms with Crippen LogP contribution in [0.2, 0.25) is 0 Å². The van der Waals surface area contributed by atoms with Crippen LogP contribution < -0.4 is 10.6 Å². The summed E-state index contributed by atoms with van der Waals surface area (Å²) in [6, 6.07) is 18.5. The summed E-state index contributed by atoms with van der Waals surface area (Å²) in [5, 5.41) is 5.74. The number of amides is 2. The smallest absolute Gasteiger partial charge is 0.270 e. The lowest BCUT2D eigenvalue weighted by atomic mass is 10.1. The lowest BCUT2D eigenvalue weighted by Gasteiger charge is -2.12. The molecule has 5 heteroatoms. The Labute approximate surface area is 158 Å². The molecule has 0 fully saturated rings. The minimum atomic E-state index is -0.319. The molecule has 136 valence electrons. The molecule has 0 radical (unpaired) electrons. The third-order valence-electron chi connectivity index (χ3n) is 4.27. The standard InChI is InChI=1S/C22H21N3O2/c1-15-7-6-8-16(2)20(15)25-21(26)18-11-12-23-19(13-18)22(27)24-14-17-9-4-3-5-10-17/h3-13H,14H2,1-2H3,(H,24,27)(H,25,26). The molecule has 0 spiro atoms. The molecule has 0 saturated heterocycles. The number of anilines is 1. The van der Waals surface area contributed by atoms with Crippen LogP contribution in [-0.2, 0) is 6.54 Å². The number of nitrogens with one attached hydrogen (secondary N) is 2. The molecule has 1 heterocycles. The quantitative estimate of drug-likeness (QED) is 0.726. The molecule has 0 aliphatic rings. The predicted octanol–water partition coefficient (Wildman–Crippen LogP) is 3.88. The summed E-state index contributed by atoms with van der Waals surface area (Å²) in [6.07, 6.45) is 1.47. The van der Waals surface area contributed by atoms with Gasteiger partial charge in [-0.3, -0.25) is 14.6 Å². The van der Waals surface area contributed by atoms with Crippen LogP contribution in [0.1, 0.15) is 37.5 Å². The maximum absolute atomic E-state index is 12.6. The zero-order valence-electron chi connectivity index (χ0n) is 15.3. The lowest BCUT2D eigenvalue weighted by Crippen LogP contribution is -2.24. The molecule has 2 N–H and O–H groups in total. The van der Waals surface area contributed by atoms with Crippen LogP contribution in [0.3, 0.4) is 0 Å². The normalized spacial score (nSPS) is 10.3. The third-order valence-corrected chi connectivity index (χ3v) is 4.27. The summed E-state index contributed by atoms with van der Waals surface area (Å²) < 4.78 is 0. The zero-order valence-corrected chi connectivity index (χ0v) is 15.3. The van der Waals surface area contributed by atoms with E-state index in [1.54, 1.807) is 6.07 Å². The minimum Gasteiger partial charge on any atom is -0.347 e. The van der Waals surface area contributed by atoms with Gasteiger partial charge in [-0.25, -0.2) is 0 Å². The van der Waals surface area contributed by atoms with Gasteiger partial charge in [-0.05, 0) is 42.7 Å². The highest BCUT2D eigenvalue weighted by atomic mass is 16.2. The van der Waals surface area contributed by atoms with E-state index in [0.29, 0.717) is 12.1 Å². The van der Waals surface area contributed by atoms with E-state index in [1.807, 2.05) is 62.4 Å². The Kier molecular flexibility index (Phi) is 5.61. The van der Waals surface area contributed by atoms with Gasteiger partial charge in [0.1, 0.15) is 5.69 Å². The largest absolute Gasteiger partial charge is 0.347 e. The summed E-state index contributed by atoms with van der Waals surface area (Å²) in [5.41, 5.74) is 4.35. The Morgan fingerprint density at radius 3 is 2.30 bits per heavy atom. The highest BCUT2D eigenvalue weighted by Gasteiger charge is 2.13. The number of hydrogen-bond donors (Lipinski definition) is 2. The first kappa shape index (κ1) is 18.3. The maximum atomic E-state index is 12.6. The Hall–Kier alpha value is -3.47. The van der Waals surface area contributed by atoms with Gasteiger partial charge in [0.25, 0.3) is 11.8 Å². The van der Waals surface area contributed by atoms with Crippen molar-refractivity contribution in [3.8, 4) is 0 Å². The molecule has 2 aromatic carbocycles. The van der Waals surface area contributed by atoms with E-state index in [4.69, 9.17) is 0 Å². The van der Waals surface area contributed by atoms with Crippen LogP contribution in [-0.4, -0.2) is 16.8 Å². The molecule has 0 bridgehead atoms. The number of aromatic nitrogens is 1. The van der Waals surface area contributed by atoms with Gasteiger partial charge in [0, 0.05) is 24.0 Å². The van der Waals surface area contributed by atoms with Crippen molar-refractivity contribution in [2.24, 2.45) is 0 Å². The fourth-order valence-electron chi connectivity index (χ4n) is 2.76. The van der Waals surface area contributed by atoms with Crippen molar-refractivity contribution < 1.29 is 9.59 Å². The average Bonchev–Trinajstić information content (AvgIpc) is 2.70. The molecule has 0 saturated carbocycles. The molecular formula is C22H21N3O2. The number of carbonyl (C=O) groups is 2. The van der Waals surface area contributed by atoms with E-state index >= 15 is 0 Å². The second-order valence-corrected chi connectivity index (χ2v) is 6.32. The first-order chi connectivity index (χ1) is 13.0. The van der Waals surface area contributed by atoms with E-state index in [1.165, 1.54) is 12.3 Å². The number of aryl methyl sites for hydroxylation is 2. The van der Waals surface area contributed by atoms with E-state index in [0.717, 1.165) is 22.4 Å². The van der Waals surface area contributed by atoms with E-state index in [2.05, 4.69) is 15.6 Å². The number of carbonyl (C=O) groups excluding carboxylic acids is 2. The van der Waals surface area contributed by atoms with E-state index in [-0.39, 0.29) is 17.5 Å². The molecule has 0 aliphatic carbocycles. The second-order valence-electron chi connectivity index (χ2n) is 6.32. The Morgan fingerprint density at radius 1 is 0.889 bits per heavy atom. The molecule has 0 aliphatic heterocycles. The first-order valence-electron chi connectivity index (χ1n) is 8.70. The van der Waals surface area contributed by atoms with Gasteiger partial charge in [-0.2, -0.15) is 0 Å². The summed E-state index contributed by atoms with van der Waals surface area (Å²) in [5.74, 6) is -0.590. The number of para-hydroxylation sites is 1. The lowest BCUT2D eigenvalue weighted by molar-refractivity contribution is 0.0946. The molecule has 3 aromatic rings.